The molecule has 6 rings (SSSR count). The van der Waals surface area contributed by atoms with Gasteiger partial charge in [0.15, 0.2) is 0 Å². The van der Waals surface area contributed by atoms with Gasteiger partial charge in [0.25, 0.3) is 0 Å². The predicted molar refractivity (Wildman–Crippen MR) is 147 cm³/mol. The van der Waals surface area contributed by atoms with Gasteiger partial charge >= 0.3 is 6.03 Å². The number of carbonyl (C=O) groups is 2. The van der Waals surface area contributed by atoms with Crippen LogP contribution < -0.4 is 15.4 Å². The highest BCUT2D eigenvalue weighted by atomic mass is 32.1. The first-order chi connectivity index (χ1) is 18.1. The average molecular weight is 516 g/mol. The third-order valence-corrected chi connectivity index (χ3v) is 8.51. The largest absolute Gasteiger partial charge is 0.497 e. The molecule has 0 radical (unpaired) electrons. The number of hydrogen-bond acceptors (Lipinski definition) is 7. The van der Waals surface area contributed by atoms with Crippen molar-refractivity contribution < 1.29 is 14.3 Å². The first-order valence-electron chi connectivity index (χ1n) is 12.6. The van der Waals surface area contributed by atoms with Crippen LogP contribution in [0.15, 0.2) is 65.4 Å². The fraction of sp³-hybridized carbons (Fsp3) is 0.321. The summed E-state index contributed by atoms with van der Waals surface area (Å²) < 4.78 is 6.46. The molecule has 1 unspecified atom stereocenters. The van der Waals surface area contributed by atoms with Crippen LogP contribution in [0.2, 0.25) is 0 Å². The second kappa shape index (κ2) is 9.89. The Labute approximate surface area is 219 Å². The number of nitrogens with one attached hydrogen (secondary N) is 2. The number of likely N-dealkylation sites (tertiary alicyclic amines) is 1. The summed E-state index contributed by atoms with van der Waals surface area (Å²) in [6.07, 6.45) is 6.06. The normalized spacial score (nSPS) is 20.1. The molecule has 190 valence electrons. The highest BCUT2D eigenvalue weighted by Gasteiger charge is 2.32. The Bertz CT molecular complexity index is 1370. The number of thiophene rings is 1. The molecule has 1 aromatic heterocycles. The second-order valence-electron chi connectivity index (χ2n) is 9.55. The number of amides is 2. The molecule has 9 heteroatoms. The number of ketones is 1. The fourth-order valence-electron chi connectivity index (χ4n) is 5.34. The van der Waals surface area contributed by atoms with Gasteiger partial charge in [-0.05, 0) is 66.6 Å². The molecule has 3 aromatic rings. The number of rotatable bonds is 5. The van der Waals surface area contributed by atoms with Crippen molar-refractivity contribution in [1.82, 2.24) is 15.1 Å². The van der Waals surface area contributed by atoms with Crippen LogP contribution in [-0.2, 0) is 6.42 Å². The minimum Gasteiger partial charge on any atom is -0.497 e. The van der Waals surface area contributed by atoms with Gasteiger partial charge in [-0.3, -0.25) is 9.79 Å². The van der Waals surface area contributed by atoms with Crippen molar-refractivity contribution in [3.8, 4) is 5.75 Å². The molecule has 0 saturated carbocycles. The van der Waals surface area contributed by atoms with Crippen LogP contribution >= 0.6 is 11.3 Å². The van der Waals surface area contributed by atoms with Gasteiger partial charge in [-0.25, -0.2) is 4.79 Å². The molecule has 4 heterocycles. The summed E-state index contributed by atoms with van der Waals surface area (Å²) in [6.45, 7) is 2.27. The second-order valence-corrected chi connectivity index (χ2v) is 10.6. The van der Waals surface area contributed by atoms with Crippen LogP contribution in [0.1, 0.15) is 28.1 Å². The lowest BCUT2D eigenvalue weighted by atomic mass is 10.0. The standard InChI is InChI=1S/C28H29N5O3S/c1-36-21-6-7-22-18(14-21)8-13-33(28(35)31-22)20-9-11-32(12-10-20)26-16-23(29-17-30-26)27(34)25-15-19-4-2-3-5-24(19)37-25/h2-7,14-17,20,23H,8-13H2,1H3,(H,29,30)(H,31,35). The number of benzene rings is 2. The molecule has 1 atom stereocenters. The zero-order valence-electron chi connectivity index (χ0n) is 20.6. The van der Waals surface area contributed by atoms with Gasteiger partial charge in [0.1, 0.15) is 17.6 Å². The number of nitrogens with zero attached hydrogens (tertiary/aromatic N) is 3. The number of piperidine rings is 1. The number of carbonyl (C=O) groups excluding carboxylic acids is 2. The summed E-state index contributed by atoms with van der Waals surface area (Å²) in [5.74, 6) is 1.73. The highest BCUT2D eigenvalue weighted by Crippen LogP contribution is 2.30. The molecule has 8 nitrogen and oxygen atoms in total. The fourth-order valence-corrected chi connectivity index (χ4v) is 6.37. The summed E-state index contributed by atoms with van der Waals surface area (Å²) in [5.41, 5.74) is 1.95. The molecule has 1 saturated heterocycles. The van der Waals surface area contributed by atoms with E-state index in [0.29, 0.717) is 6.54 Å². The number of ether oxygens (including phenoxy) is 1. The number of Topliss-reactive ketones (excluding diaryl/α,β-unsaturated/α-hetero) is 1. The van der Waals surface area contributed by atoms with E-state index in [1.165, 1.54) is 11.3 Å². The molecule has 0 spiro atoms. The first-order valence-corrected chi connectivity index (χ1v) is 13.4. The Balaban J connectivity index is 1.10. The maximum atomic E-state index is 13.2. The van der Waals surface area contributed by atoms with E-state index in [1.54, 1.807) is 13.4 Å². The molecule has 37 heavy (non-hydrogen) atoms. The molecule has 2 N–H and O–H groups in total. The maximum absolute atomic E-state index is 13.2. The molecule has 3 aliphatic heterocycles. The predicted octanol–water partition coefficient (Wildman–Crippen LogP) is 4.49. The third-order valence-electron chi connectivity index (χ3n) is 7.38. The van der Waals surface area contributed by atoms with Gasteiger partial charge in [0.05, 0.1) is 18.3 Å². The van der Waals surface area contributed by atoms with E-state index in [1.807, 2.05) is 59.5 Å². The van der Waals surface area contributed by atoms with E-state index in [4.69, 9.17) is 4.74 Å². The Morgan fingerprint density at radius 1 is 1.11 bits per heavy atom. The monoisotopic (exact) mass is 515 g/mol. The van der Waals surface area contributed by atoms with Crippen LogP contribution in [-0.4, -0.2) is 66.8 Å². The highest BCUT2D eigenvalue weighted by molar-refractivity contribution is 7.20. The number of fused-ring (bicyclic) bond motifs is 2. The van der Waals surface area contributed by atoms with Crippen LogP contribution in [0.4, 0.5) is 10.5 Å². The van der Waals surface area contributed by atoms with Gasteiger partial charge < -0.3 is 25.2 Å². The Morgan fingerprint density at radius 2 is 1.95 bits per heavy atom. The van der Waals surface area contributed by atoms with E-state index in [2.05, 4.69) is 20.5 Å². The summed E-state index contributed by atoms with van der Waals surface area (Å²) in [5, 5.41) is 7.39. The lowest BCUT2D eigenvalue weighted by Crippen LogP contribution is -2.50. The van der Waals surface area contributed by atoms with Crippen molar-refractivity contribution in [3.05, 3.63) is 70.9 Å². The van der Waals surface area contributed by atoms with Gasteiger partial charge in [-0.1, -0.05) is 18.2 Å². The van der Waals surface area contributed by atoms with Crippen molar-refractivity contribution in [2.45, 2.75) is 31.3 Å². The molecular formula is C28H29N5O3S. The Kier molecular flexibility index (Phi) is 6.30. The van der Waals surface area contributed by atoms with Gasteiger partial charge in [0.2, 0.25) is 5.78 Å². The van der Waals surface area contributed by atoms with E-state index in [0.717, 1.165) is 70.1 Å². The Morgan fingerprint density at radius 3 is 2.76 bits per heavy atom. The summed E-state index contributed by atoms with van der Waals surface area (Å²) >= 11 is 1.51. The maximum Gasteiger partial charge on any atom is 0.322 e. The SMILES string of the molecule is COc1ccc2c(c1)CCN(C1CCN(C3=CC(C(=O)c4cc5ccccc5s4)N=CN3)CC1)C(=O)N2. The number of aliphatic imine (C=N–C) groups is 1. The molecular weight excluding hydrogens is 486 g/mol. The van der Waals surface area contributed by atoms with Crippen molar-refractivity contribution in [2.75, 3.05) is 32.1 Å². The number of hydrogen-bond donors (Lipinski definition) is 2. The van der Waals surface area contributed by atoms with Crippen molar-refractivity contribution in [3.63, 3.8) is 0 Å². The number of methoxy groups -OCH3 is 1. The van der Waals surface area contributed by atoms with E-state index in [-0.39, 0.29) is 17.9 Å². The molecule has 0 bridgehead atoms. The number of urea groups is 1. The lowest BCUT2D eigenvalue weighted by molar-refractivity contribution is 0.0979. The van der Waals surface area contributed by atoms with Crippen molar-refractivity contribution in [2.24, 2.45) is 4.99 Å². The van der Waals surface area contributed by atoms with Crippen LogP contribution in [0.3, 0.4) is 0 Å². The van der Waals surface area contributed by atoms with Gasteiger partial charge in [-0.15, -0.1) is 11.3 Å². The van der Waals surface area contributed by atoms with E-state index >= 15 is 0 Å². The zero-order valence-corrected chi connectivity index (χ0v) is 21.5. The minimum absolute atomic E-state index is 0.0174. The molecule has 3 aliphatic rings. The lowest BCUT2D eigenvalue weighted by Gasteiger charge is -2.40. The quantitative estimate of drug-likeness (QED) is 0.489. The minimum atomic E-state index is -0.533. The summed E-state index contributed by atoms with van der Waals surface area (Å²) in [7, 11) is 1.65. The average Bonchev–Trinajstić information content (AvgIpc) is 3.31. The first kappa shape index (κ1) is 23.5. The molecule has 2 aromatic carbocycles. The number of anilines is 1. The van der Waals surface area contributed by atoms with Crippen LogP contribution in [0, 0.1) is 0 Å². The third kappa shape index (κ3) is 4.67. The van der Waals surface area contributed by atoms with Crippen LogP contribution in [0.5, 0.6) is 5.75 Å². The molecule has 1 fully saturated rings. The molecule has 2 amide bonds. The van der Waals surface area contributed by atoms with Gasteiger partial charge in [0, 0.05) is 36.1 Å². The molecule has 0 aliphatic carbocycles. The van der Waals surface area contributed by atoms with E-state index < -0.39 is 6.04 Å². The topological polar surface area (TPSA) is 86.3 Å². The summed E-state index contributed by atoms with van der Waals surface area (Å²) in [6, 6.07) is 15.4. The van der Waals surface area contributed by atoms with E-state index in [9.17, 15) is 9.59 Å². The smallest absolute Gasteiger partial charge is 0.322 e. The van der Waals surface area contributed by atoms with Crippen LogP contribution in [0.25, 0.3) is 10.1 Å². The summed E-state index contributed by atoms with van der Waals surface area (Å²) in [4.78, 5) is 35.6. The van der Waals surface area contributed by atoms with Crippen molar-refractivity contribution in [1.29, 1.82) is 0 Å². The Hall–Kier alpha value is -3.85. The van der Waals surface area contributed by atoms with Crippen molar-refractivity contribution >= 4 is 45.3 Å². The van der Waals surface area contributed by atoms with Gasteiger partial charge in [-0.2, -0.15) is 0 Å². The zero-order chi connectivity index (χ0) is 25.4.